The fourth-order valence-electron chi connectivity index (χ4n) is 1.59. The summed E-state index contributed by atoms with van der Waals surface area (Å²) in [7, 11) is 0. The van der Waals surface area contributed by atoms with Crippen LogP contribution in [0.15, 0.2) is 52.0 Å². The minimum absolute atomic E-state index is 0.243. The van der Waals surface area contributed by atoms with E-state index in [-0.39, 0.29) is 12.2 Å². The number of carbonyl (C=O) groups is 1. The Labute approximate surface area is 140 Å². The second-order valence-corrected chi connectivity index (χ2v) is 5.30. The predicted octanol–water partition coefficient (Wildman–Crippen LogP) is 2.99. The summed E-state index contributed by atoms with van der Waals surface area (Å²) >= 11 is 3.22. The van der Waals surface area contributed by atoms with E-state index in [0.29, 0.717) is 15.8 Å². The first-order valence-corrected chi connectivity index (χ1v) is 7.27. The van der Waals surface area contributed by atoms with Gasteiger partial charge in [0, 0.05) is 10.0 Å². The number of halogens is 2. The summed E-state index contributed by atoms with van der Waals surface area (Å²) in [4.78, 5) is 11.6. The Morgan fingerprint density at radius 2 is 2.09 bits per heavy atom. The van der Waals surface area contributed by atoms with Crippen LogP contribution in [-0.4, -0.2) is 18.7 Å². The lowest BCUT2D eigenvalue weighted by Gasteiger charge is -2.04. The molecule has 0 bridgehead atoms. The summed E-state index contributed by atoms with van der Waals surface area (Å²) in [6.45, 7) is -0.246. The monoisotopic (exact) mass is 375 g/mol. The number of hydrogen-bond acceptors (Lipinski definition) is 4. The van der Waals surface area contributed by atoms with E-state index in [4.69, 9.17) is 10.00 Å². The van der Waals surface area contributed by atoms with Crippen molar-refractivity contribution in [1.82, 2.24) is 5.43 Å². The number of carbonyl (C=O) groups excluding carboxylic acids is 1. The lowest BCUT2D eigenvalue weighted by Crippen LogP contribution is -2.24. The molecule has 7 heteroatoms. The van der Waals surface area contributed by atoms with Crippen LogP contribution in [0.5, 0.6) is 5.75 Å². The molecule has 0 aliphatic rings. The van der Waals surface area contributed by atoms with Crippen molar-refractivity contribution in [3.05, 3.63) is 63.9 Å². The third-order valence-electron chi connectivity index (χ3n) is 2.70. The maximum absolute atomic E-state index is 13.5. The second kappa shape index (κ2) is 8.06. The van der Waals surface area contributed by atoms with Crippen molar-refractivity contribution in [3.8, 4) is 11.8 Å². The Bertz CT molecular complexity index is 770. The highest BCUT2D eigenvalue weighted by Crippen LogP contribution is 2.14. The van der Waals surface area contributed by atoms with E-state index < -0.39 is 11.7 Å². The first kappa shape index (κ1) is 16.6. The largest absolute Gasteiger partial charge is 0.484 e. The van der Waals surface area contributed by atoms with Crippen LogP contribution in [0.2, 0.25) is 0 Å². The molecule has 1 amide bonds. The number of ether oxygens (including phenoxy) is 1. The van der Waals surface area contributed by atoms with Crippen molar-refractivity contribution < 1.29 is 13.9 Å². The first-order chi connectivity index (χ1) is 11.1. The normalized spacial score (nSPS) is 10.3. The number of benzene rings is 2. The molecule has 2 aromatic rings. The summed E-state index contributed by atoms with van der Waals surface area (Å²) in [5, 5.41) is 12.3. The van der Waals surface area contributed by atoms with Gasteiger partial charge in [-0.15, -0.1) is 0 Å². The first-order valence-electron chi connectivity index (χ1n) is 6.48. The molecule has 0 radical (unpaired) electrons. The molecule has 2 aromatic carbocycles. The van der Waals surface area contributed by atoms with Crippen molar-refractivity contribution in [2.75, 3.05) is 6.61 Å². The van der Waals surface area contributed by atoms with Gasteiger partial charge >= 0.3 is 0 Å². The minimum atomic E-state index is -0.485. The van der Waals surface area contributed by atoms with E-state index in [2.05, 4.69) is 26.5 Å². The van der Waals surface area contributed by atoms with Crippen molar-refractivity contribution in [3.63, 3.8) is 0 Å². The zero-order valence-corrected chi connectivity index (χ0v) is 13.4. The summed E-state index contributed by atoms with van der Waals surface area (Å²) in [6.07, 6.45) is 1.21. The molecule has 0 atom stereocenters. The van der Waals surface area contributed by atoms with E-state index in [1.54, 1.807) is 30.3 Å². The molecule has 0 spiro atoms. The molecule has 1 N–H and O–H groups in total. The molecule has 0 fully saturated rings. The molecule has 0 aliphatic heterocycles. The topological polar surface area (TPSA) is 74.5 Å². The predicted molar refractivity (Wildman–Crippen MR) is 86.5 cm³/mol. The van der Waals surface area contributed by atoms with Crippen LogP contribution in [-0.2, 0) is 4.79 Å². The number of amides is 1. The van der Waals surface area contributed by atoms with Gasteiger partial charge in [-0.25, -0.2) is 9.82 Å². The lowest BCUT2D eigenvalue weighted by molar-refractivity contribution is -0.123. The highest BCUT2D eigenvalue weighted by Gasteiger charge is 2.03. The Kier molecular flexibility index (Phi) is 5.83. The molecule has 0 aliphatic carbocycles. The van der Waals surface area contributed by atoms with Gasteiger partial charge in [0.1, 0.15) is 11.6 Å². The maximum Gasteiger partial charge on any atom is 0.277 e. The van der Waals surface area contributed by atoms with Crippen molar-refractivity contribution in [2.45, 2.75) is 0 Å². The van der Waals surface area contributed by atoms with Crippen LogP contribution in [0.3, 0.4) is 0 Å². The Hall–Kier alpha value is -2.72. The fourth-order valence-corrected chi connectivity index (χ4v) is 1.97. The molecule has 23 heavy (non-hydrogen) atoms. The molecule has 116 valence electrons. The lowest BCUT2D eigenvalue weighted by atomic mass is 10.2. The maximum atomic E-state index is 13.5. The van der Waals surface area contributed by atoms with Gasteiger partial charge in [-0.1, -0.05) is 15.9 Å². The highest BCUT2D eigenvalue weighted by molar-refractivity contribution is 9.10. The number of rotatable bonds is 5. The van der Waals surface area contributed by atoms with E-state index in [9.17, 15) is 9.18 Å². The number of hydrogen-bond donors (Lipinski definition) is 1. The summed E-state index contributed by atoms with van der Waals surface area (Å²) in [5.74, 6) is -0.470. The average Bonchev–Trinajstić information content (AvgIpc) is 2.56. The van der Waals surface area contributed by atoms with Gasteiger partial charge in [-0.3, -0.25) is 4.79 Å². The highest BCUT2D eigenvalue weighted by atomic mass is 79.9. The Morgan fingerprint density at radius 3 is 2.78 bits per heavy atom. The van der Waals surface area contributed by atoms with Gasteiger partial charge in [0.2, 0.25) is 0 Å². The zero-order valence-electron chi connectivity index (χ0n) is 11.8. The van der Waals surface area contributed by atoms with Crippen LogP contribution in [0.4, 0.5) is 4.39 Å². The SMILES string of the molecule is N#Cc1ccc(OCC(=O)N/N=C/c2cc(Br)ccc2F)cc1. The molecule has 2 rings (SSSR count). The zero-order chi connectivity index (χ0) is 16.7. The van der Waals surface area contributed by atoms with Crippen molar-refractivity contribution in [1.29, 1.82) is 5.26 Å². The molecule has 5 nitrogen and oxygen atoms in total. The molecule has 0 aromatic heterocycles. The van der Waals surface area contributed by atoms with E-state index >= 15 is 0 Å². The molecule has 0 saturated carbocycles. The molecule has 0 saturated heterocycles. The Balaban J connectivity index is 1.84. The molecule has 0 heterocycles. The quantitative estimate of drug-likeness (QED) is 0.644. The average molecular weight is 376 g/mol. The molecular formula is C16H11BrFN3O2. The Morgan fingerprint density at radius 1 is 1.35 bits per heavy atom. The smallest absolute Gasteiger partial charge is 0.277 e. The summed E-state index contributed by atoms with van der Waals surface area (Å²) < 4.78 is 19.4. The van der Waals surface area contributed by atoms with Gasteiger partial charge in [-0.05, 0) is 42.5 Å². The standard InChI is InChI=1S/C16H11BrFN3O2/c17-13-3-6-15(18)12(7-13)9-20-21-16(22)10-23-14-4-1-11(8-19)2-5-14/h1-7,9H,10H2,(H,21,22)/b20-9+. The van der Waals surface area contributed by atoms with E-state index in [0.717, 1.165) is 0 Å². The van der Waals surface area contributed by atoms with Crippen molar-refractivity contribution in [2.24, 2.45) is 5.10 Å². The van der Waals surface area contributed by atoms with Crippen molar-refractivity contribution >= 4 is 28.1 Å². The number of hydrazone groups is 1. The van der Waals surface area contributed by atoms with Crippen LogP contribution in [0.25, 0.3) is 0 Å². The van der Waals surface area contributed by atoms with Gasteiger partial charge in [-0.2, -0.15) is 10.4 Å². The second-order valence-electron chi connectivity index (χ2n) is 4.38. The molecular weight excluding hydrogens is 365 g/mol. The van der Waals surface area contributed by atoms with Crippen LogP contribution in [0.1, 0.15) is 11.1 Å². The minimum Gasteiger partial charge on any atom is -0.484 e. The van der Waals surface area contributed by atoms with Crippen LogP contribution < -0.4 is 10.2 Å². The van der Waals surface area contributed by atoms with Crippen LogP contribution >= 0.6 is 15.9 Å². The third kappa shape index (κ3) is 5.20. The van der Waals surface area contributed by atoms with E-state index in [1.165, 1.54) is 18.3 Å². The summed E-state index contributed by atoms with van der Waals surface area (Å²) in [5.41, 5.74) is 2.99. The fraction of sp³-hybridized carbons (Fsp3) is 0.0625. The summed E-state index contributed by atoms with van der Waals surface area (Å²) in [6, 6.07) is 12.7. The van der Waals surface area contributed by atoms with E-state index in [1.807, 2.05) is 6.07 Å². The van der Waals surface area contributed by atoms with Gasteiger partial charge in [0.05, 0.1) is 17.8 Å². The van der Waals surface area contributed by atoms with Gasteiger partial charge in [0.25, 0.3) is 5.91 Å². The third-order valence-corrected chi connectivity index (χ3v) is 3.20. The number of nitriles is 1. The number of nitrogens with zero attached hydrogens (tertiary/aromatic N) is 2. The van der Waals surface area contributed by atoms with Gasteiger partial charge < -0.3 is 4.74 Å². The molecule has 0 unspecified atom stereocenters. The van der Waals surface area contributed by atoms with Crippen LogP contribution in [0, 0.1) is 17.1 Å². The number of nitrogens with one attached hydrogen (secondary N) is 1. The van der Waals surface area contributed by atoms with Gasteiger partial charge in [0.15, 0.2) is 6.61 Å².